The van der Waals surface area contributed by atoms with Crippen molar-refractivity contribution in [1.29, 1.82) is 0 Å². The second-order valence-corrected chi connectivity index (χ2v) is 5.37. The molecule has 110 valence electrons. The number of benzene rings is 1. The van der Waals surface area contributed by atoms with Crippen LogP contribution in [0.1, 0.15) is 34.1 Å². The van der Waals surface area contributed by atoms with Crippen LogP contribution in [0.3, 0.4) is 0 Å². The van der Waals surface area contributed by atoms with E-state index in [9.17, 15) is 14.0 Å². The zero-order valence-electron chi connectivity index (χ0n) is 12.3. The zero-order chi connectivity index (χ0) is 15.3. The van der Waals surface area contributed by atoms with E-state index >= 15 is 0 Å². The van der Waals surface area contributed by atoms with Crippen LogP contribution in [0.5, 0.6) is 0 Å². The molecular weight excluding hydrogens is 259 g/mol. The number of nitrogens with one attached hydrogen (secondary N) is 2. The first kappa shape index (κ1) is 16.1. The highest BCUT2D eigenvalue weighted by Gasteiger charge is 2.36. The average Bonchev–Trinajstić information content (AvgIpc) is 2.38. The average molecular weight is 280 g/mol. The fourth-order valence-corrected chi connectivity index (χ4v) is 1.46. The van der Waals surface area contributed by atoms with Crippen molar-refractivity contribution in [3.8, 4) is 0 Å². The van der Waals surface area contributed by atoms with Crippen molar-refractivity contribution in [1.82, 2.24) is 5.32 Å². The second-order valence-electron chi connectivity index (χ2n) is 5.37. The molecular formula is C15H21FN2O2. The molecule has 2 amide bonds. The second kappa shape index (κ2) is 6.50. The number of hydrogen-bond donors (Lipinski definition) is 2. The Hall–Kier alpha value is -1.91. The smallest absolute Gasteiger partial charge is 0.239 e. The largest absolute Gasteiger partial charge is 0.353 e. The van der Waals surface area contributed by atoms with Gasteiger partial charge in [0.2, 0.25) is 11.8 Å². The maximum Gasteiger partial charge on any atom is 0.239 e. The normalized spacial score (nSPS) is 12.7. The van der Waals surface area contributed by atoms with E-state index in [-0.39, 0.29) is 11.9 Å². The molecule has 0 aliphatic heterocycles. The third-order valence-electron chi connectivity index (χ3n) is 3.21. The first-order valence-corrected chi connectivity index (χ1v) is 6.65. The van der Waals surface area contributed by atoms with Crippen molar-refractivity contribution >= 4 is 17.5 Å². The molecule has 1 aromatic carbocycles. The lowest BCUT2D eigenvalue weighted by atomic mass is 9.90. The Bertz CT molecular complexity index is 500. The van der Waals surface area contributed by atoms with Gasteiger partial charge in [-0.2, -0.15) is 0 Å². The molecule has 2 N–H and O–H groups in total. The molecule has 0 heterocycles. The van der Waals surface area contributed by atoms with Gasteiger partial charge in [-0.25, -0.2) is 4.39 Å². The molecule has 1 aromatic rings. The maximum atomic E-state index is 13.1. The van der Waals surface area contributed by atoms with Crippen LogP contribution >= 0.6 is 0 Å². The summed E-state index contributed by atoms with van der Waals surface area (Å²) in [6.07, 6.45) is 0.785. The molecule has 0 spiro atoms. The third kappa shape index (κ3) is 4.05. The van der Waals surface area contributed by atoms with E-state index in [1.54, 1.807) is 19.9 Å². The number of amides is 2. The summed E-state index contributed by atoms with van der Waals surface area (Å²) < 4.78 is 13.1. The summed E-state index contributed by atoms with van der Waals surface area (Å²) in [4.78, 5) is 24.2. The Morgan fingerprint density at radius 1 is 1.30 bits per heavy atom. The van der Waals surface area contributed by atoms with E-state index in [0.717, 1.165) is 6.42 Å². The predicted octanol–water partition coefficient (Wildman–Crippen LogP) is 2.71. The minimum Gasteiger partial charge on any atom is -0.353 e. The van der Waals surface area contributed by atoms with Gasteiger partial charge < -0.3 is 10.6 Å². The minimum absolute atomic E-state index is 0.00347. The standard InChI is InChI=1S/C15H21FN2O2/c1-5-10(2)17-13(19)15(3,4)14(20)18-12-8-6-7-11(16)9-12/h6-10H,5H2,1-4H3,(H,17,19)(H,18,20). The quantitative estimate of drug-likeness (QED) is 0.815. The molecule has 0 aromatic heterocycles. The third-order valence-corrected chi connectivity index (χ3v) is 3.21. The van der Waals surface area contributed by atoms with Crippen molar-refractivity contribution < 1.29 is 14.0 Å². The van der Waals surface area contributed by atoms with Crippen LogP contribution < -0.4 is 10.6 Å². The first-order valence-electron chi connectivity index (χ1n) is 6.65. The van der Waals surface area contributed by atoms with E-state index in [2.05, 4.69) is 10.6 Å². The fourth-order valence-electron chi connectivity index (χ4n) is 1.46. The van der Waals surface area contributed by atoms with E-state index in [1.165, 1.54) is 18.2 Å². The Morgan fingerprint density at radius 2 is 1.95 bits per heavy atom. The molecule has 0 saturated heterocycles. The summed E-state index contributed by atoms with van der Waals surface area (Å²) in [5.74, 6) is -1.26. The molecule has 1 atom stereocenters. The minimum atomic E-state index is -1.23. The summed E-state index contributed by atoms with van der Waals surface area (Å²) in [6.45, 7) is 6.90. The highest BCUT2D eigenvalue weighted by atomic mass is 19.1. The number of anilines is 1. The highest BCUT2D eigenvalue weighted by molar-refractivity contribution is 6.09. The summed E-state index contributed by atoms with van der Waals surface area (Å²) in [6, 6.07) is 5.57. The summed E-state index contributed by atoms with van der Waals surface area (Å²) >= 11 is 0. The van der Waals surface area contributed by atoms with Crippen molar-refractivity contribution in [2.45, 2.75) is 40.2 Å². The van der Waals surface area contributed by atoms with E-state index in [4.69, 9.17) is 0 Å². The van der Waals surface area contributed by atoms with Crippen LogP contribution in [0, 0.1) is 11.2 Å². The molecule has 4 nitrogen and oxygen atoms in total. The van der Waals surface area contributed by atoms with Gasteiger partial charge in [-0.05, 0) is 45.4 Å². The molecule has 0 bridgehead atoms. The van der Waals surface area contributed by atoms with Gasteiger partial charge in [0.15, 0.2) is 0 Å². The topological polar surface area (TPSA) is 58.2 Å². The summed E-state index contributed by atoms with van der Waals surface area (Å²) in [7, 11) is 0. The van der Waals surface area contributed by atoms with Crippen LogP contribution in [0.2, 0.25) is 0 Å². The molecule has 0 radical (unpaired) electrons. The van der Waals surface area contributed by atoms with E-state index in [0.29, 0.717) is 5.69 Å². The predicted molar refractivity (Wildman–Crippen MR) is 76.7 cm³/mol. The van der Waals surface area contributed by atoms with Crippen LogP contribution in [0.25, 0.3) is 0 Å². The Labute approximate surface area is 118 Å². The number of hydrogen-bond acceptors (Lipinski definition) is 2. The summed E-state index contributed by atoms with van der Waals surface area (Å²) in [5.41, 5.74) is -0.894. The molecule has 20 heavy (non-hydrogen) atoms. The lowest BCUT2D eigenvalue weighted by Gasteiger charge is -2.24. The van der Waals surface area contributed by atoms with Crippen molar-refractivity contribution in [2.24, 2.45) is 5.41 Å². The van der Waals surface area contributed by atoms with Crippen LogP contribution in [-0.4, -0.2) is 17.9 Å². The molecule has 0 saturated carbocycles. The number of rotatable bonds is 5. The van der Waals surface area contributed by atoms with Crippen molar-refractivity contribution in [3.05, 3.63) is 30.1 Å². The van der Waals surface area contributed by atoms with Gasteiger partial charge >= 0.3 is 0 Å². The van der Waals surface area contributed by atoms with Crippen molar-refractivity contribution in [2.75, 3.05) is 5.32 Å². The number of halogens is 1. The molecule has 1 unspecified atom stereocenters. The molecule has 0 aliphatic carbocycles. The summed E-state index contributed by atoms with van der Waals surface area (Å²) in [5, 5.41) is 5.33. The van der Waals surface area contributed by atoms with Gasteiger partial charge in [0, 0.05) is 11.7 Å². The molecule has 0 fully saturated rings. The van der Waals surface area contributed by atoms with Gasteiger partial charge in [-0.3, -0.25) is 9.59 Å². The Morgan fingerprint density at radius 3 is 2.50 bits per heavy atom. The lowest BCUT2D eigenvalue weighted by molar-refractivity contribution is -0.138. The van der Waals surface area contributed by atoms with Gasteiger partial charge in [0.1, 0.15) is 11.2 Å². The van der Waals surface area contributed by atoms with Gasteiger partial charge in [-0.1, -0.05) is 13.0 Å². The zero-order valence-corrected chi connectivity index (χ0v) is 12.3. The van der Waals surface area contributed by atoms with Crippen LogP contribution in [-0.2, 0) is 9.59 Å². The Balaban J connectivity index is 2.76. The molecule has 5 heteroatoms. The van der Waals surface area contributed by atoms with Crippen LogP contribution in [0.4, 0.5) is 10.1 Å². The maximum absolute atomic E-state index is 13.1. The molecule has 0 aliphatic rings. The molecule has 1 rings (SSSR count). The van der Waals surface area contributed by atoms with Gasteiger partial charge in [0.25, 0.3) is 0 Å². The Kier molecular flexibility index (Phi) is 5.25. The SMILES string of the molecule is CCC(C)NC(=O)C(C)(C)C(=O)Nc1cccc(F)c1. The highest BCUT2D eigenvalue weighted by Crippen LogP contribution is 2.20. The number of carbonyl (C=O) groups is 2. The monoisotopic (exact) mass is 280 g/mol. The number of carbonyl (C=O) groups excluding carboxylic acids is 2. The van der Waals surface area contributed by atoms with Crippen LogP contribution in [0.15, 0.2) is 24.3 Å². The van der Waals surface area contributed by atoms with E-state index in [1.807, 2.05) is 13.8 Å². The lowest BCUT2D eigenvalue weighted by Crippen LogP contribution is -2.47. The first-order chi connectivity index (χ1) is 9.27. The van der Waals surface area contributed by atoms with Gasteiger partial charge in [-0.15, -0.1) is 0 Å². The van der Waals surface area contributed by atoms with Gasteiger partial charge in [0.05, 0.1) is 0 Å². The van der Waals surface area contributed by atoms with E-state index < -0.39 is 17.1 Å². The fraction of sp³-hybridized carbons (Fsp3) is 0.467. The van der Waals surface area contributed by atoms with Crippen molar-refractivity contribution in [3.63, 3.8) is 0 Å².